The molecule has 0 aliphatic heterocycles. The number of amides is 1. The molecule has 0 saturated carbocycles. The van der Waals surface area contributed by atoms with Gasteiger partial charge in [-0.15, -0.1) is 11.3 Å². The Hall–Kier alpha value is -1.72. The Morgan fingerprint density at radius 2 is 2.05 bits per heavy atom. The monoisotopic (exact) mass is 289 g/mol. The van der Waals surface area contributed by atoms with E-state index in [0.717, 1.165) is 16.1 Å². The summed E-state index contributed by atoms with van der Waals surface area (Å²) in [6.07, 6.45) is 1.02. The molecule has 1 aromatic heterocycles. The summed E-state index contributed by atoms with van der Waals surface area (Å²) in [6.45, 7) is 3.93. The number of nitrogens with two attached hydrogens (primary N) is 1. The molecule has 1 atom stereocenters. The molecule has 1 unspecified atom stereocenters. The van der Waals surface area contributed by atoms with Gasteiger partial charge < -0.3 is 11.1 Å². The van der Waals surface area contributed by atoms with Gasteiger partial charge in [-0.1, -0.05) is 30.3 Å². The van der Waals surface area contributed by atoms with Crippen LogP contribution in [0.2, 0.25) is 0 Å². The molecule has 4 nitrogen and oxygen atoms in total. The number of hydrogen-bond acceptors (Lipinski definition) is 4. The first-order chi connectivity index (χ1) is 9.56. The smallest absolute Gasteiger partial charge is 0.226 e. The first-order valence-electron chi connectivity index (χ1n) is 6.60. The highest BCUT2D eigenvalue weighted by Crippen LogP contribution is 2.22. The lowest BCUT2D eigenvalue weighted by atomic mass is 10.0. The van der Waals surface area contributed by atoms with Gasteiger partial charge in [0.2, 0.25) is 5.91 Å². The van der Waals surface area contributed by atoms with E-state index < -0.39 is 0 Å². The third kappa shape index (κ3) is 3.88. The molecular weight excluding hydrogens is 270 g/mol. The Kier molecular flexibility index (Phi) is 4.87. The van der Waals surface area contributed by atoms with Crippen molar-refractivity contribution < 1.29 is 4.79 Å². The van der Waals surface area contributed by atoms with Gasteiger partial charge in [0.15, 0.2) is 5.13 Å². The number of thiazole rings is 1. The molecule has 0 saturated heterocycles. The second kappa shape index (κ2) is 6.63. The van der Waals surface area contributed by atoms with Crippen LogP contribution < -0.4 is 11.1 Å². The fourth-order valence-corrected chi connectivity index (χ4v) is 2.69. The Bertz CT molecular complexity index is 561. The van der Waals surface area contributed by atoms with Crippen molar-refractivity contribution in [2.24, 2.45) is 5.73 Å². The maximum absolute atomic E-state index is 11.9. The maximum atomic E-state index is 11.9. The van der Waals surface area contributed by atoms with Gasteiger partial charge >= 0.3 is 0 Å². The molecule has 2 aromatic rings. The molecule has 2 rings (SSSR count). The predicted octanol–water partition coefficient (Wildman–Crippen LogP) is 3.18. The fraction of sp³-hybridized carbons (Fsp3) is 0.333. The number of carbonyl (C=O) groups is 1. The largest absolute Gasteiger partial charge is 0.324 e. The van der Waals surface area contributed by atoms with Gasteiger partial charge in [-0.3, -0.25) is 4.79 Å². The molecule has 0 bridgehead atoms. The third-order valence-corrected chi connectivity index (χ3v) is 4.17. The van der Waals surface area contributed by atoms with Crippen molar-refractivity contribution in [1.29, 1.82) is 0 Å². The lowest BCUT2D eigenvalue weighted by Crippen LogP contribution is -2.16. The number of rotatable bonds is 5. The highest BCUT2D eigenvalue weighted by molar-refractivity contribution is 7.15. The third-order valence-electron chi connectivity index (χ3n) is 3.19. The lowest BCUT2D eigenvalue weighted by molar-refractivity contribution is -0.116. The molecule has 0 aliphatic rings. The summed E-state index contributed by atoms with van der Waals surface area (Å²) in [4.78, 5) is 17.3. The van der Waals surface area contributed by atoms with Crippen molar-refractivity contribution in [2.45, 2.75) is 32.7 Å². The zero-order valence-electron chi connectivity index (χ0n) is 11.7. The van der Waals surface area contributed by atoms with Gasteiger partial charge in [-0.25, -0.2) is 4.98 Å². The van der Waals surface area contributed by atoms with E-state index in [4.69, 9.17) is 5.73 Å². The highest BCUT2D eigenvalue weighted by Gasteiger charge is 2.11. The molecule has 20 heavy (non-hydrogen) atoms. The fourth-order valence-electron chi connectivity index (χ4n) is 1.86. The van der Waals surface area contributed by atoms with Gasteiger partial charge in [0.25, 0.3) is 0 Å². The standard InChI is InChI=1S/C15H19N3OS/c1-10-11(2)20-15(17-10)18-14(19)9-8-13(16)12-6-4-3-5-7-12/h3-7,13H,8-9,16H2,1-2H3,(H,17,18,19). The average molecular weight is 289 g/mol. The molecule has 0 fully saturated rings. The van der Waals surface area contributed by atoms with Crippen LogP contribution in [0.3, 0.4) is 0 Å². The molecule has 1 heterocycles. The molecular formula is C15H19N3OS. The van der Waals surface area contributed by atoms with Gasteiger partial charge in [-0.2, -0.15) is 0 Å². The van der Waals surface area contributed by atoms with Crippen molar-refractivity contribution in [1.82, 2.24) is 4.98 Å². The van der Waals surface area contributed by atoms with E-state index in [1.165, 1.54) is 11.3 Å². The summed E-state index contributed by atoms with van der Waals surface area (Å²) < 4.78 is 0. The number of benzene rings is 1. The van der Waals surface area contributed by atoms with Crippen LogP contribution >= 0.6 is 11.3 Å². The van der Waals surface area contributed by atoms with E-state index >= 15 is 0 Å². The van der Waals surface area contributed by atoms with Gasteiger partial charge in [0.1, 0.15) is 0 Å². The molecule has 0 aliphatic carbocycles. The maximum Gasteiger partial charge on any atom is 0.226 e. The number of aromatic nitrogens is 1. The molecule has 1 aromatic carbocycles. The summed E-state index contributed by atoms with van der Waals surface area (Å²) in [5.74, 6) is -0.0369. The average Bonchev–Trinajstić information content (AvgIpc) is 2.75. The number of aryl methyl sites for hydroxylation is 2. The minimum Gasteiger partial charge on any atom is -0.324 e. The van der Waals surface area contributed by atoms with E-state index in [1.807, 2.05) is 44.2 Å². The van der Waals surface area contributed by atoms with Crippen LogP contribution in [0.4, 0.5) is 5.13 Å². The topological polar surface area (TPSA) is 68.0 Å². The lowest BCUT2D eigenvalue weighted by Gasteiger charge is -2.11. The molecule has 0 spiro atoms. The van der Waals surface area contributed by atoms with E-state index in [9.17, 15) is 4.79 Å². The summed E-state index contributed by atoms with van der Waals surface area (Å²) in [6, 6.07) is 9.72. The molecule has 3 N–H and O–H groups in total. The SMILES string of the molecule is Cc1nc(NC(=O)CCC(N)c2ccccc2)sc1C. The van der Waals surface area contributed by atoms with Crippen LogP contribution in [-0.2, 0) is 4.79 Å². The molecule has 106 valence electrons. The van der Waals surface area contributed by atoms with Crippen LogP contribution in [0.5, 0.6) is 0 Å². The van der Waals surface area contributed by atoms with Crippen molar-refractivity contribution in [2.75, 3.05) is 5.32 Å². The second-order valence-electron chi connectivity index (χ2n) is 4.76. The van der Waals surface area contributed by atoms with Crippen molar-refractivity contribution in [3.8, 4) is 0 Å². The molecule has 5 heteroatoms. The number of nitrogens with one attached hydrogen (secondary N) is 1. The van der Waals surface area contributed by atoms with Crippen LogP contribution in [0.15, 0.2) is 30.3 Å². The van der Waals surface area contributed by atoms with Crippen LogP contribution in [0.25, 0.3) is 0 Å². The molecule has 0 radical (unpaired) electrons. The number of nitrogens with zero attached hydrogens (tertiary/aromatic N) is 1. The second-order valence-corrected chi connectivity index (χ2v) is 5.97. The summed E-state index contributed by atoms with van der Waals surface area (Å²) >= 11 is 1.50. The zero-order chi connectivity index (χ0) is 14.5. The van der Waals surface area contributed by atoms with Crippen molar-refractivity contribution in [3.63, 3.8) is 0 Å². The molecule has 1 amide bonds. The minimum absolute atomic E-state index is 0.0369. The quantitative estimate of drug-likeness (QED) is 0.888. The first-order valence-corrected chi connectivity index (χ1v) is 7.42. The van der Waals surface area contributed by atoms with Gasteiger partial charge in [0, 0.05) is 17.3 Å². The summed E-state index contributed by atoms with van der Waals surface area (Å²) in [7, 11) is 0. The van der Waals surface area contributed by atoms with Gasteiger partial charge in [-0.05, 0) is 25.8 Å². The van der Waals surface area contributed by atoms with Crippen molar-refractivity contribution >= 4 is 22.4 Å². The highest BCUT2D eigenvalue weighted by atomic mass is 32.1. The Labute approximate surface area is 123 Å². The number of carbonyl (C=O) groups excluding carboxylic acids is 1. The van der Waals surface area contributed by atoms with Crippen LogP contribution in [0.1, 0.15) is 35.0 Å². The van der Waals surface area contributed by atoms with Crippen LogP contribution in [-0.4, -0.2) is 10.9 Å². The Balaban J connectivity index is 1.83. The Morgan fingerprint density at radius 1 is 1.35 bits per heavy atom. The summed E-state index contributed by atoms with van der Waals surface area (Å²) in [5.41, 5.74) is 8.09. The van der Waals surface area contributed by atoms with E-state index in [-0.39, 0.29) is 11.9 Å². The van der Waals surface area contributed by atoms with E-state index in [0.29, 0.717) is 18.0 Å². The minimum atomic E-state index is -0.110. The summed E-state index contributed by atoms with van der Waals surface area (Å²) in [5, 5.41) is 3.49. The van der Waals surface area contributed by atoms with E-state index in [1.54, 1.807) is 0 Å². The normalized spacial score (nSPS) is 12.2. The number of anilines is 1. The first kappa shape index (κ1) is 14.7. The van der Waals surface area contributed by atoms with Crippen LogP contribution in [0, 0.1) is 13.8 Å². The predicted molar refractivity (Wildman–Crippen MR) is 82.8 cm³/mol. The zero-order valence-corrected chi connectivity index (χ0v) is 12.5. The Morgan fingerprint density at radius 3 is 2.65 bits per heavy atom. The van der Waals surface area contributed by atoms with E-state index in [2.05, 4.69) is 10.3 Å². The van der Waals surface area contributed by atoms with Crippen molar-refractivity contribution in [3.05, 3.63) is 46.5 Å². The van der Waals surface area contributed by atoms with Gasteiger partial charge in [0.05, 0.1) is 5.69 Å². The number of hydrogen-bond donors (Lipinski definition) is 2.